The summed E-state index contributed by atoms with van der Waals surface area (Å²) in [4.78, 5) is 0. The summed E-state index contributed by atoms with van der Waals surface area (Å²) < 4.78 is 1.91. The minimum Gasteiger partial charge on any atom is -0.306 e. The van der Waals surface area contributed by atoms with Crippen LogP contribution in [0.2, 0.25) is 0 Å². The predicted molar refractivity (Wildman–Crippen MR) is 79.1 cm³/mol. The number of nitriles is 1. The van der Waals surface area contributed by atoms with E-state index >= 15 is 0 Å². The molecular formula is C16H20N4. The number of aromatic nitrogens is 2. The maximum atomic E-state index is 8.95. The molecule has 0 bridgehead atoms. The molecule has 0 radical (unpaired) electrons. The molecule has 1 unspecified atom stereocenters. The monoisotopic (exact) mass is 268 g/mol. The van der Waals surface area contributed by atoms with Crippen LogP contribution < -0.4 is 5.32 Å². The third kappa shape index (κ3) is 2.89. The van der Waals surface area contributed by atoms with Gasteiger partial charge in [-0.1, -0.05) is 12.1 Å². The normalized spacial score (nSPS) is 12.2. The molecule has 0 spiro atoms. The van der Waals surface area contributed by atoms with Crippen molar-refractivity contribution < 1.29 is 0 Å². The molecule has 0 saturated heterocycles. The van der Waals surface area contributed by atoms with Crippen molar-refractivity contribution in [3.63, 3.8) is 0 Å². The van der Waals surface area contributed by atoms with E-state index in [1.807, 2.05) is 42.9 Å². The van der Waals surface area contributed by atoms with Gasteiger partial charge in [-0.25, -0.2) is 0 Å². The van der Waals surface area contributed by atoms with Gasteiger partial charge in [0.05, 0.1) is 17.3 Å². The van der Waals surface area contributed by atoms with Crippen LogP contribution in [0.5, 0.6) is 0 Å². The van der Waals surface area contributed by atoms with Gasteiger partial charge >= 0.3 is 0 Å². The molecule has 0 aliphatic heterocycles. The van der Waals surface area contributed by atoms with Gasteiger partial charge in [0.1, 0.15) is 0 Å². The first kappa shape index (κ1) is 14.3. The Bertz CT molecular complexity index is 649. The number of hydrogen-bond donors (Lipinski definition) is 1. The molecule has 0 saturated carbocycles. The van der Waals surface area contributed by atoms with Crippen molar-refractivity contribution in [2.75, 3.05) is 0 Å². The Hall–Kier alpha value is -2.12. The SMILES string of the molecule is Cc1nn(C)c(C)c1CNC(C)c1cccc(C#N)c1. The molecule has 0 fully saturated rings. The van der Waals surface area contributed by atoms with Gasteiger partial charge in [0.2, 0.25) is 0 Å². The van der Waals surface area contributed by atoms with Crippen molar-refractivity contribution in [3.05, 3.63) is 52.3 Å². The largest absolute Gasteiger partial charge is 0.306 e. The van der Waals surface area contributed by atoms with E-state index in [9.17, 15) is 0 Å². The zero-order valence-electron chi connectivity index (χ0n) is 12.4. The van der Waals surface area contributed by atoms with Crippen LogP contribution in [-0.4, -0.2) is 9.78 Å². The van der Waals surface area contributed by atoms with Crippen LogP contribution >= 0.6 is 0 Å². The molecule has 4 heteroatoms. The van der Waals surface area contributed by atoms with E-state index in [0.717, 1.165) is 17.8 Å². The minimum absolute atomic E-state index is 0.197. The van der Waals surface area contributed by atoms with Gasteiger partial charge < -0.3 is 5.32 Å². The molecule has 2 aromatic rings. The summed E-state index contributed by atoms with van der Waals surface area (Å²) >= 11 is 0. The first-order valence-electron chi connectivity index (χ1n) is 6.75. The maximum absolute atomic E-state index is 8.95. The van der Waals surface area contributed by atoms with Gasteiger partial charge in [0, 0.05) is 30.9 Å². The number of rotatable bonds is 4. The maximum Gasteiger partial charge on any atom is 0.0991 e. The van der Waals surface area contributed by atoms with Crippen molar-refractivity contribution in [1.82, 2.24) is 15.1 Å². The number of nitrogens with one attached hydrogen (secondary N) is 1. The standard InChI is InChI=1S/C16H20N4/c1-11(15-7-5-6-14(8-15)9-17)18-10-16-12(2)19-20(4)13(16)3/h5-8,11,18H,10H2,1-4H3. The van der Waals surface area contributed by atoms with Crippen LogP contribution in [0.4, 0.5) is 0 Å². The quantitative estimate of drug-likeness (QED) is 0.927. The van der Waals surface area contributed by atoms with Gasteiger partial charge in [-0.15, -0.1) is 0 Å². The Morgan fingerprint density at radius 2 is 2.15 bits per heavy atom. The van der Waals surface area contributed by atoms with E-state index < -0.39 is 0 Å². The smallest absolute Gasteiger partial charge is 0.0991 e. The molecule has 1 heterocycles. The van der Waals surface area contributed by atoms with Crippen molar-refractivity contribution >= 4 is 0 Å². The third-order valence-electron chi connectivity index (χ3n) is 3.76. The molecule has 1 aromatic heterocycles. The van der Waals surface area contributed by atoms with E-state index in [4.69, 9.17) is 5.26 Å². The van der Waals surface area contributed by atoms with Gasteiger partial charge in [-0.05, 0) is 38.5 Å². The van der Waals surface area contributed by atoms with Gasteiger partial charge in [0.25, 0.3) is 0 Å². The molecule has 0 amide bonds. The van der Waals surface area contributed by atoms with Crippen molar-refractivity contribution in [2.45, 2.75) is 33.4 Å². The lowest BCUT2D eigenvalue weighted by Gasteiger charge is -2.14. The highest BCUT2D eigenvalue weighted by atomic mass is 15.3. The molecule has 0 aliphatic carbocycles. The molecule has 2 rings (SSSR count). The summed E-state index contributed by atoms with van der Waals surface area (Å²) in [5.41, 5.74) is 5.33. The summed E-state index contributed by atoms with van der Waals surface area (Å²) in [5, 5.41) is 16.9. The minimum atomic E-state index is 0.197. The molecule has 4 nitrogen and oxygen atoms in total. The Balaban J connectivity index is 2.08. The van der Waals surface area contributed by atoms with Crippen molar-refractivity contribution in [2.24, 2.45) is 7.05 Å². The second-order valence-electron chi connectivity index (χ2n) is 5.11. The zero-order chi connectivity index (χ0) is 14.7. The second kappa shape index (κ2) is 5.89. The lowest BCUT2D eigenvalue weighted by atomic mass is 10.1. The topological polar surface area (TPSA) is 53.6 Å². The highest BCUT2D eigenvalue weighted by Crippen LogP contribution is 2.17. The highest BCUT2D eigenvalue weighted by molar-refractivity contribution is 5.34. The number of nitrogens with zero attached hydrogens (tertiary/aromatic N) is 3. The number of hydrogen-bond acceptors (Lipinski definition) is 3. The van der Waals surface area contributed by atoms with Crippen LogP contribution in [0.1, 0.15) is 41.0 Å². The van der Waals surface area contributed by atoms with Crippen LogP contribution in [0.3, 0.4) is 0 Å². The highest BCUT2D eigenvalue weighted by Gasteiger charge is 2.11. The van der Waals surface area contributed by atoms with Crippen LogP contribution in [0.25, 0.3) is 0 Å². The molecule has 1 N–H and O–H groups in total. The van der Waals surface area contributed by atoms with Crippen molar-refractivity contribution in [3.8, 4) is 6.07 Å². The van der Waals surface area contributed by atoms with Gasteiger partial charge in [-0.3, -0.25) is 4.68 Å². The fraction of sp³-hybridized carbons (Fsp3) is 0.375. The summed E-state index contributed by atoms with van der Waals surface area (Å²) in [7, 11) is 1.96. The predicted octanol–water partition coefficient (Wildman–Crippen LogP) is 2.76. The van der Waals surface area contributed by atoms with Gasteiger partial charge in [0.15, 0.2) is 0 Å². The zero-order valence-corrected chi connectivity index (χ0v) is 12.4. The van der Waals surface area contributed by atoms with Crippen LogP contribution in [0.15, 0.2) is 24.3 Å². The number of benzene rings is 1. The number of aryl methyl sites for hydroxylation is 2. The lowest BCUT2D eigenvalue weighted by molar-refractivity contribution is 0.571. The summed E-state index contributed by atoms with van der Waals surface area (Å²) in [5.74, 6) is 0. The molecule has 1 aromatic carbocycles. The second-order valence-corrected chi connectivity index (χ2v) is 5.11. The van der Waals surface area contributed by atoms with Gasteiger partial charge in [-0.2, -0.15) is 10.4 Å². The van der Waals surface area contributed by atoms with E-state index in [0.29, 0.717) is 5.56 Å². The van der Waals surface area contributed by atoms with E-state index in [1.54, 1.807) is 0 Å². The molecule has 20 heavy (non-hydrogen) atoms. The molecular weight excluding hydrogens is 248 g/mol. The molecule has 1 atom stereocenters. The summed E-state index contributed by atoms with van der Waals surface area (Å²) in [6, 6.07) is 10.1. The van der Waals surface area contributed by atoms with E-state index in [2.05, 4.69) is 30.3 Å². The summed E-state index contributed by atoms with van der Waals surface area (Å²) in [6.07, 6.45) is 0. The molecule has 104 valence electrons. The third-order valence-corrected chi connectivity index (χ3v) is 3.76. The van der Waals surface area contributed by atoms with Crippen molar-refractivity contribution in [1.29, 1.82) is 5.26 Å². The van der Waals surface area contributed by atoms with Crippen LogP contribution in [-0.2, 0) is 13.6 Å². The average Bonchev–Trinajstić information content (AvgIpc) is 2.70. The van der Waals surface area contributed by atoms with E-state index in [-0.39, 0.29) is 6.04 Å². The van der Waals surface area contributed by atoms with Crippen LogP contribution in [0, 0.1) is 25.2 Å². The fourth-order valence-electron chi connectivity index (χ4n) is 2.32. The fourth-order valence-corrected chi connectivity index (χ4v) is 2.32. The summed E-state index contributed by atoms with van der Waals surface area (Å²) in [6.45, 7) is 7.00. The Labute approximate surface area is 120 Å². The Kier molecular flexibility index (Phi) is 4.21. The first-order valence-corrected chi connectivity index (χ1v) is 6.75. The Morgan fingerprint density at radius 3 is 2.75 bits per heavy atom. The lowest BCUT2D eigenvalue weighted by Crippen LogP contribution is -2.19. The molecule has 0 aliphatic rings. The average molecular weight is 268 g/mol. The first-order chi connectivity index (χ1) is 9.52. The van der Waals surface area contributed by atoms with E-state index in [1.165, 1.54) is 11.3 Å². The Morgan fingerprint density at radius 1 is 1.40 bits per heavy atom.